The Morgan fingerprint density at radius 2 is 1.85 bits per heavy atom. The molecule has 2 aliphatic heterocycles. The van der Waals surface area contributed by atoms with E-state index in [9.17, 15) is 8.42 Å². The highest BCUT2D eigenvalue weighted by atomic mass is 32.2. The van der Waals surface area contributed by atoms with Gasteiger partial charge in [0.15, 0.2) is 5.82 Å². The molecular formula is C18H25N5O3S. The first-order valence-electron chi connectivity index (χ1n) is 9.27. The highest BCUT2D eigenvalue weighted by Gasteiger charge is 2.39. The molecule has 1 aromatic carbocycles. The fourth-order valence-electron chi connectivity index (χ4n) is 3.87. The fraction of sp³-hybridized carbons (Fsp3) is 0.556. The SMILES string of the molecule is COc1ccc(S(=O)(=O)N2CCC[C@@H]2c2nnc3n2CCN(C)CC3)cc1. The van der Waals surface area contributed by atoms with Gasteiger partial charge in [0.25, 0.3) is 0 Å². The number of aromatic nitrogens is 3. The molecule has 1 atom stereocenters. The van der Waals surface area contributed by atoms with Crippen LogP contribution in [0.4, 0.5) is 0 Å². The van der Waals surface area contributed by atoms with Crippen molar-refractivity contribution in [3.8, 4) is 5.75 Å². The minimum atomic E-state index is -3.60. The van der Waals surface area contributed by atoms with Crippen LogP contribution in [-0.2, 0) is 23.0 Å². The summed E-state index contributed by atoms with van der Waals surface area (Å²) in [5, 5.41) is 8.76. The molecule has 3 heterocycles. The van der Waals surface area contributed by atoms with E-state index in [-0.39, 0.29) is 10.9 Å². The molecule has 0 unspecified atom stereocenters. The molecule has 0 amide bonds. The number of ether oxygens (including phenoxy) is 1. The summed E-state index contributed by atoms with van der Waals surface area (Å²) in [4.78, 5) is 2.55. The molecule has 2 aromatic rings. The van der Waals surface area contributed by atoms with Crippen molar-refractivity contribution in [3.63, 3.8) is 0 Å². The van der Waals surface area contributed by atoms with Gasteiger partial charge < -0.3 is 14.2 Å². The Hall–Kier alpha value is -1.97. The smallest absolute Gasteiger partial charge is 0.243 e. The lowest BCUT2D eigenvalue weighted by Gasteiger charge is -2.24. The lowest BCUT2D eigenvalue weighted by atomic mass is 10.2. The van der Waals surface area contributed by atoms with E-state index in [1.807, 2.05) is 0 Å². The molecule has 9 heteroatoms. The van der Waals surface area contributed by atoms with E-state index in [1.165, 1.54) is 0 Å². The van der Waals surface area contributed by atoms with Crippen molar-refractivity contribution < 1.29 is 13.2 Å². The van der Waals surface area contributed by atoms with Crippen molar-refractivity contribution in [1.82, 2.24) is 24.0 Å². The number of rotatable bonds is 4. The molecule has 4 rings (SSSR count). The second-order valence-corrected chi connectivity index (χ2v) is 9.02. The maximum atomic E-state index is 13.2. The summed E-state index contributed by atoms with van der Waals surface area (Å²) in [6.07, 6.45) is 2.42. The van der Waals surface area contributed by atoms with Crippen molar-refractivity contribution in [2.45, 2.75) is 36.7 Å². The van der Waals surface area contributed by atoms with Gasteiger partial charge in [0.1, 0.15) is 11.6 Å². The summed E-state index contributed by atoms with van der Waals surface area (Å²) in [5.41, 5.74) is 0. The molecule has 0 radical (unpaired) electrons. The quantitative estimate of drug-likeness (QED) is 0.782. The highest BCUT2D eigenvalue weighted by molar-refractivity contribution is 7.89. The van der Waals surface area contributed by atoms with Crippen LogP contribution < -0.4 is 4.74 Å². The second kappa shape index (κ2) is 7.21. The number of fused-ring (bicyclic) bond motifs is 1. The van der Waals surface area contributed by atoms with Crippen molar-refractivity contribution in [2.24, 2.45) is 0 Å². The van der Waals surface area contributed by atoms with E-state index in [0.717, 1.165) is 50.5 Å². The molecule has 0 bridgehead atoms. The number of benzene rings is 1. The first-order valence-corrected chi connectivity index (χ1v) is 10.7. The van der Waals surface area contributed by atoms with Gasteiger partial charge in [-0.25, -0.2) is 8.42 Å². The molecule has 146 valence electrons. The number of likely N-dealkylation sites (N-methyl/N-ethyl adjacent to an activating group) is 1. The fourth-order valence-corrected chi connectivity index (χ4v) is 5.52. The lowest BCUT2D eigenvalue weighted by Crippen LogP contribution is -2.32. The third kappa shape index (κ3) is 3.35. The van der Waals surface area contributed by atoms with Crippen LogP contribution in [0, 0.1) is 0 Å². The minimum Gasteiger partial charge on any atom is -0.497 e. The van der Waals surface area contributed by atoms with Crippen LogP contribution in [-0.4, -0.2) is 66.2 Å². The van der Waals surface area contributed by atoms with Crippen LogP contribution in [0.2, 0.25) is 0 Å². The molecule has 0 N–H and O–H groups in total. The van der Waals surface area contributed by atoms with E-state index in [1.54, 1.807) is 35.7 Å². The normalized spacial score (nSPS) is 21.8. The largest absolute Gasteiger partial charge is 0.497 e. The van der Waals surface area contributed by atoms with Gasteiger partial charge in [0, 0.05) is 32.6 Å². The summed E-state index contributed by atoms with van der Waals surface area (Å²) in [5.74, 6) is 2.36. The number of sulfonamides is 1. The molecular weight excluding hydrogens is 366 g/mol. The average molecular weight is 391 g/mol. The Kier molecular flexibility index (Phi) is 4.92. The Labute approximate surface area is 159 Å². The topological polar surface area (TPSA) is 80.6 Å². The van der Waals surface area contributed by atoms with Crippen LogP contribution in [0.3, 0.4) is 0 Å². The second-order valence-electron chi connectivity index (χ2n) is 7.13. The van der Waals surface area contributed by atoms with E-state index in [4.69, 9.17) is 4.74 Å². The van der Waals surface area contributed by atoms with Gasteiger partial charge in [0.2, 0.25) is 10.0 Å². The van der Waals surface area contributed by atoms with Crippen molar-refractivity contribution in [1.29, 1.82) is 0 Å². The van der Waals surface area contributed by atoms with E-state index >= 15 is 0 Å². The molecule has 8 nitrogen and oxygen atoms in total. The number of hydrogen-bond acceptors (Lipinski definition) is 6. The Balaban J connectivity index is 1.66. The van der Waals surface area contributed by atoms with Crippen molar-refractivity contribution >= 4 is 10.0 Å². The third-order valence-electron chi connectivity index (χ3n) is 5.45. The Bertz CT molecular complexity index is 910. The summed E-state index contributed by atoms with van der Waals surface area (Å²) in [6.45, 7) is 3.15. The molecule has 0 spiro atoms. The van der Waals surface area contributed by atoms with Gasteiger partial charge in [-0.2, -0.15) is 4.31 Å². The molecule has 2 aliphatic rings. The maximum absolute atomic E-state index is 13.2. The first kappa shape index (κ1) is 18.4. The van der Waals surface area contributed by atoms with Gasteiger partial charge in [-0.3, -0.25) is 0 Å². The van der Waals surface area contributed by atoms with E-state index in [0.29, 0.717) is 12.3 Å². The van der Waals surface area contributed by atoms with Crippen molar-refractivity contribution in [3.05, 3.63) is 35.9 Å². The van der Waals surface area contributed by atoms with Gasteiger partial charge in [0.05, 0.1) is 18.0 Å². The molecule has 27 heavy (non-hydrogen) atoms. The van der Waals surface area contributed by atoms with Crippen LogP contribution >= 0.6 is 0 Å². The zero-order chi connectivity index (χ0) is 19.0. The van der Waals surface area contributed by atoms with Gasteiger partial charge in [-0.15, -0.1) is 10.2 Å². The Morgan fingerprint density at radius 3 is 2.59 bits per heavy atom. The predicted molar refractivity (Wildman–Crippen MR) is 100 cm³/mol. The standard InChI is InChI=1S/C18H25N5O3S/c1-21-11-9-17-19-20-18(22(17)13-12-21)16-4-3-10-23(16)27(24,25)15-7-5-14(26-2)6-8-15/h5-8,16H,3-4,9-13H2,1-2H3/t16-/m1/s1. The van der Waals surface area contributed by atoms with Crippen molar-refractivity contribution in [2.75, 3.05) is 33.8 Å². The van der Waals surface area contributed by atoms with Gasteiger partial charge >= 0.3 is 0 Å². The number of nitrogens with zero attached hydrogens (tertiary/aromatic N) is 5. The van der Waals surface area contributed by atoms with Crippen LogP contribution in [0.25, 0.3) is 0 Å². The highest BCUT2D eigenvalue weighted by Crippen LogP contribution is 2.36. The zero-order valence-electron chi connectivity index (χ0n) is 15.7. The van der Waals surface area contributed by atoms with E-state index in [2.05, 4.69) is 26.7 Å². The average Bonchev–Trinajstić information content (AvgIpc) is 3.27. The summed E-state index contributed by atoms with van der Waals surface area (Å²) in [6, 6.07) is 6.29. The molecule has 1 aromatic heterocycles. The minimum absolute atomic E-state index is 0.262. The van der Waals surface area contributed by atoms with E-state index < -0.39 is 10.0 Å². The number of methoxy groups -OCH3 is 1. The zero-order valence-corrected chi connectivity index (χ0v) is 16.5. The van der Waals surface area contributed by atoms with Crippen LogP contribution in [0.5, 0.6) is 5.75 Å². The molecule has 1 fully saturated rings. The van der Waals surface area contributed by atoms with Crippen LogP contribution in [0.1, 0.15) is 30.5 Å². The molecule has 1 saturated heterocycles. The number of hydrogen-bond donors (Lipinski definition) is 0. The molecule has 0 aliphatic carbocycles. The Morgan fingerprint density at radius 1 is 1.07 bits per heavy atom. The maximum Gasteiger partial charge on any atom is 0.243 e. The summed E-state index contributed by atoms with van der Waals surface area (Å²) in [7, 11) is 0.0577. The lowest BCUT2D eigenvalue weighted by molar-refractivity contribution is 0.330. The first-order chi connectivity index (χ1) is 13.0. The van der Waals surface area contributed by atoms with Gasteiger partial charge in [-0.05, 0) is 44.2 Å². The molecule has 0 saturated carbocycles. The summed E-state index contributed by atoms with van der Waals surface area (Å²) >= 11 is 0. The third-order valence-corrected chi connectivity index (χ3v) is 7.37. The summed E-state index contributed by atoms with van der Waals surface area (Å²) < 4.78 is 35.3. The monoisotopic (exact) mass is 391 g/mol. The van der Waals surface area contributed by atoms with Gasteiger partial charge in [-0.1, -0.05) is 0 Å². The van der Waals surface area contributed by atoms with Crippen LogP contribution in [0.15, 0.2) is 29.2 Å². The predicted octanol–water partition coefficient (Wildman–Crippen LogP) is 1.30.